The summed E-state index contributed by atoms with van der Waals surface area (Å²) in [5.41, 5.74) is -0.811. The van der Waals surface area contributed by atoms with E-state index in [1.165, 1.54) is 0 Å². The summed E-state index contributed by atoms with van der Waals surface area (Å²) in [6, 6.07) is 1.70. The first-order valence-corrected chi connectivity index (χ1v) is 9.09. The number of carbonyl (C=O) groups excluding carboxylic acids is 2. The number of phenols is 1. The molecule has 1 aromatic carbocycles. The molecular formula is C14H17FN4O5S. The van der Waals surface area contributed by atoms with Gasteiger partial charge in [-0.3, -0.25) is 9.59 Å². The van der Waals surface area contributed by atoms with Crippen LogP contribution in [0.25, 0.3) is 0 Å². The number of aromatic hydroxyl groups is 1. The van der Waals surface area contributed by atoms with Crippen LogP contribution in [0.3, 0.4) is 0 Å². The highest BCUT2D eigenvalue weighted by molar-refractivity contribution is 7.92. The Morgan fingerprint density at radius 2 is 2.16 bits per heavy atom. The van der Waals surface area contributed by atoms with E-state index >= 15 is 0 Å². The van der Waals surface area contributed by atoms with Gasteiger partial charge in [-0.2, -0.15) is 8.42 Å². The highest BCUT2D eigenvalue weighted by Gasteiger charge is 2.37. The fourth-order valence-electron chi connectivity index (χ4n) is 2.85. The molecule has 0 unspecified atom stereocenters. The summed E-state index contributed by atoms with van der Waals surface area (Å²) in [7, 11) is -4.27. The normalized spacial score (nSPS) is 22.5. The summed E-state index contributed by atoms with van der Waals surface area (Å²) < 4.78 is 40.1. The Balaban J connectivity index is 1.85. The van der Waals surface area contributed by atoms with Crippen LogP contribution in [0.2, 0.25) is 0 Å². The predicted molar refractivity (Wildman–Crippen MR) is 85.8 cm³/mol. The molecule has 0 aromatic heterocycles. The molecule has 2 amide bonds. The van der Waals surface area contributed by atoms with E-state index in [1.807, 2.05) is 0 Å². The topological polar surface area (TPSA) is 128 Å². The van der Waals surface area contributed by atoms with Gasteiger partial charge >= 0.3 is 10.2 Å². The molecule has 11 heteroatoms. The predicted octanol–water partition coefficient (Wildman–Crippen LogP) is -0.806. The minimum absolute atomic E-state index is 0.105. The number of hydrogen-bond acceptors (Lipinski definition) is 6. The molecule has 2 aliphatic heterocycles. The maximum Gasteiger partial charge on any atom is 0.326 e. The largest absolute Gasteiger partial charge is 0.506 e. The Labute approximate surface area is 143 Å². The van der Waals surface area contributed by atoms with Crippen LogP contribution in [-0.2, 0) is 15.0 Å². The summed E-state index contributed by atoms with van der Waals surface area (Å²) in [5, 5.41) is 15.9. The van der Waals surface area contributed by atoms with Crippen molar-refractivity contribution in [3.8, 4) is 5.75 Å². The number of amides is 2. The number of nitrogens with one attached hydrogen (secondary N) is 3. The van der Waals surface area contributed by atoms with Crippen LogP contribution >= 0.6 is 0 Å². The minimum Gasteiger partial charge on any atom is -0.506 e. The zero-order valence-electron chi connectivity index (χ0n) is 13.1. The average molecular weight is 372 g/mol. The van der Waals surface area contributed by atoms with E-state index in [4.69, 9.17) is 0 Å². The smallest absolute Gasteiger partial charge is 0.326 e. The first-order chi connectivity index (χ1) is 11.8. The lowest BCUT2D eigenvalue weighted by Gasteiger charge is -2.24. The molecule has 1 atom stereocenters. The molecular weight excluding hydrogens is 355 g/mol. The highest BCUT2D eigenvalue weighted by atomic mass is 32.2. The van der Waals surface area contributed by atoms with E-state index in [2.05, 4.69) is 10.6 Å². The summed E-state index contributed by atoms with van der Waals surface area (Å²) >= 11 is 0. The molecule has 4 N–H and O–H groups in total. The summed E-state index contributed by atoms with van der Waals surface area (Å²) in [6.45, 7) is 0.817. The molecule has 2 fully saturated rings. The average Bonchev–Trinajstić information content (AvgIpc) is 2.80. The molecule has 25 heavy (non-hydrogen) atoms. The molecule has 0 radical (unpaired) electrons. The van der Waals surface area contributed by atoms with Gasteiger partial charge in [0.1, 0.15) is 18.0 Å². The van der Waals surface area contributed by atoms with Gasteiger partial charge in [0.2, 0.25) is 0 Å². The molecule has 0 aliphatic carbocycles. The molecule has 1 aromatic rings. The van der Waals surface area contributed by atoms with Gasteiger partial charge in [-0.15, -0.1) is 0 Å². The van der Waals surface area contributed by atoms with Gasteiger partial charge in [0.15, 0.2) is 5.82 Å². The molecule has 2 aliphatic rings. The van der Waals surface area contributed by atoms with Crippen molar-refractivity contribution in [2.75, 3.05) is 23.9 Å². The van der Waals surface area contributed by atoms with Gasteiger partial charge in [-0.25, -0.2) is 13.4 Å². The van der Waals surface area contributed by atoms with E-state index < -0.39 is 45.8 Å². The monoisotopic (exact) mass is 372 g/mol. The third-order valence-electron chi connectivity index (χ3n) is 4.01. The second kappa shape index (κ2) is 6.48. The minimum atomic E-state index is -4.27. The van der Waals surface area contributed by atoms with Gasteiger partial charge in [-0.05, 0) is 31.5 Å². The summed E-state index contributed by atoms with van der Waals surface area (Å²) in [5.74, 6) is -3.28. The van der Waals surface area contributed by atoms with Crippen LogP contribution in [0.15, 0.2) is 12.1 Å². The van der Waals surface area contributed by atoms with Gasteiger partial charge in [-0.1, -0.05) is 0 Å². The number of phenolic OH excluding ortho intramolecular Hbond substituents is 1. The van der Waals surface area contributed by atoms with Crippen molar-refractivity contribution in [1.29, 1.82) is 0 Å². The maximum absolute atomic E-state index is 14.4. The number of rotatable bonds is 3. The summed E-state index contributed by atoms with van der Waals surface area (Å²) in [6.07, 6.45) is 1.68. The van der Waals surface area contributed by atoms with Crippen molar-refractivity contribution in [1.82, 2.24) is 15.4 Å². The van der Waals surface area contributed by atoms with Crippen molar-refractivity contribution in [2.45, 2.75) is 18.9 Å². The number of anilines is 1. The second-order valence-corrected chi connectivity index (χ2v) is 7.47. The third-order valence-corrected chi connectivity index (χ3v) is 5.38. The van der Waals surface area contributed by atoms with Crippen LogP contribution in [0.1, 0.15) is 23.2 Å². The molecule has 2 saturated heterocycles. The van der Waals surface area contributed by atoms with Gasteiger partial charge in [0, 0.05) is 18.2 Å². The fraction of sp³-hybridized carbons (Fsp3) is 0.429. The van der Waals surface area contributed by atoms with E-state index in [9.17, 15) is 27.5 Å². The molecule has 0 bridgehead atoms. The number of benzene rings is 1. The van der Waals surface area contributed by atoms with Crippen molar-refractivity contribution in [3.63, 3.8) is 0 Å². The zero-order chi connectivity index (χ0) is 18.2. The molecule has 0 saturated carbocycles. The van der Waals surface area contributed by atoms with Gasteiger partial charge in [0.05, 0.1) is 0 Å². The molecule has 3 rings (SSSR count). The SMILES string of the molecule is O=C1CN(c2c(O)cc(C(=O)N[C@H]3CCCNC3)cc2F)S(=O)(=O)N1. The van der Waals surface area contributed by atoms with Crippen molar-refractivity contribution in [3.05, 3.63) is 23.5 Å². The molecule has 136 valence electrons. The Kier molecular flexibility index (Phi) is 4.52. The van der Waals surface area contributed by atoms with E-state index in [-0.39, 0.29) is 11.6 Å². The van der Waals surface area contributed by atoms with Crippen molar-refractivity contribution >= 4 is 27.7 Å². The number of nitrogens with zero attached hydrogens (tertiary/aromatic N) is 1. The Bertz CT molecular complexity index is 800. The van der Waals surface area contributed by atoms with Crippen LogP contribution < -0.4 is 19.7 Å². The zero-order valence-corrected chi connectivity index (χ0v) is 13.9. The number of halogens is 1. The lowest BCUT2D eigenvalue weighted by Crippen LogP contribution is -2.45. The first-order valence-electron chi connectivity index (χ1n) is 7.65. The summed E-state index contributed by atoms with van der Waals surface area (Å²) in [4.78, 5) is 23.5. The quantitative estimate of drug-likeness (QED) is 0.550. The Morgan fingerprint density at radius 1 is 1.40 bits per heavy atom. The lowest BCUT2D eigenvalue weighted by molar-refractivity contribution is -0.117. The van der Waals surface area contributed by atoms with Crippen LogP contribution in [0, 0.1) is 5.82 Å². The second-order valence-electron chi connectivity index (χ2n) is 5.88. The maximum atomic E-state index is 14.4. The van der Waals surface area contributed by atoms with Gasteiger partial charge < -0.3 is 15.7 Å². The highest BCUT2D eigenvalue weighted by Crippen LogP contribution is 2.34. The van der Waals surface area contributed by atoms with Crippen LogP contribution in [-0.4, -0.2) is 51.0 Å². The van der Waals surface area contributed by atoms with E-state index in [0.29, 0.717) is 10.8 Å². The lowest BCUT2D eigenvalue weighted by atomic mass is 10.1. The molecule has 2 heterocycles. The first kappa shape index (κ1) is 17.4. The van der Waals surface area contributed by atoms with E-state index in [0.717, 1.165) is 31.5 Å². The Hall–Kier alpha value is -2.40. The number of piperidine rings is 1. The molecule has 0 spiro atoms. The van der Waals surface area contributed by atoms with Gasteiger partial charge in [0.25, 0.3) is 11.8 Å². The Morgan fingerprint density at radius 3 is 2.72 bits per heavy atom. The number of hydrogen-bond donors (Lipinski definition) is 4. The fourth-order valence-corrected chi connectivity index (χ4v) is 4.02. The third kappa shape index (κ3) is 3.51. The molecule has 9 nitrogen and oxygen atoms in total. The van der Waals surface area contributed by atoms with Crippen LogP contribution in [0.5, 0.6) is 5.75 Å². The number of carbonyl (C=O) groups is 2. The standard InChI is InChI=1S/C14H17FN4O5S/c15-10-4-8(14(22)17-9-2-1-3-16-6-9)5-11(20)13(10)19-7-12(21)18-25(19,23)24/h4-5,9,16,20H,1-3,6-7H2,(H,17,22)(H,18,21)/t9-/m0/s1. The van der Waals surface area contributed by atoms with E-state index in [1.54, 1.807) is 4.72 Å². The van der Waals surface area contributed by atoms with Crippen molar-refractivity contribution < 1.29 is 27.5 Å². The van der Waals surface area contributed by atoms with Crippen molar-refractivity contribution in [2.24, 2.45) is 0 Å². The van der Waals surface area contributed by atoms with Crippen LogP contribution in [0.4, 0.5) is 10.1 Å².